The highest BCUT2D eigenvalue weighted by molar-refractivity contribution is 5.94. The molecule has 1 aliphatic heterocycles. The number of hydrogen-bond donors (Lipinski definition) is 2. The smallest absolute Gasteiger partial charge is 0.159 e. The summed E-state index contributed by atoms with van der Waals surface area (Å²) in [6.07, 6.45) is -0.663. The van der Waals surface area contributed by atoms with Gasteiger partial charge in [-0.05, 0) is 31.5 Å². The Labute approximate surface area is 178 Å². The molecule has 1 fully saturated rings. The van der Waals surface area contributed by atoms with Gasteiger partial charge in [-0.25, -0.2) is 0 Å². The van der Waals surface area contributed by atoms with Crippen molar-refractivity contribution in [1.82, 2.24) is 10.2 Å². The van der Waals surface area contributed by atoms with Gasteiger partial charge in [-0.1, -0.05) is 42.0 Å². The van der Waals surface area contributed by atoms with Crippen LogP contribution >= 0.6 is 0 Å². The zero-order valence-electron chi connectivity index (χ0n) is 17.8. The fraction of sp³-hybridized carbons (Fsp3) is 0.458. The lowest BCUT2D eigenvalue weighted by molar-refractivity contribution is 0.0319. The fourth-order valence-electron chi connectivity index (χ4n) is 3.46. The summed E-state index contributed by atoms with van der Waals surface area (Å²) < 4.78 is 11.2. The first-order valence-electron chi connectivity index (χ1n) is 10.5. The second kappa shape index (κ2) is 11.2. The van der Waals surface area contributed by atoms with E-state index in [4.69, 9.17) is 9.47 Å². The molecular formula is C24H32N2O4. The Morgan fingerprint density at radius 1 is 1.20 bits per heavy atom. The summed E-state index contributed by atoms with van der Waals surface area (Å²) in [5.41, 5.74) is 3.03. The summed E-state index contributed by atoms with van der Waals surface area (Å²) in [5, 5.41) is 13.9. The van der Waals surface area contributed by atoms with Crippen LogP contribution in [0, 0.1) is 6.92 Å². The molecule has 0 amide bonds. The lowest BCUT2D eigenvalue weighted by atomic mass is 10.0. The minimum Gasteiger partial charge on any atom is -0.491 e. The molecule has 3 rings (SSSR count). The van der Waals surface area contributed by atoms with Crippen LogP contribution in [0.3, 0.4) is 0 Å². The molecule has 30 heavy (non-hydrogen) atoms. The average Bonchev–Trinajstić information content (AvgIpc) is 2.76. The van der Waals surface area contributed by atoms with Crippen molar-refractivity contribution >= 4 is 5.78 Å². The van der Waals surface area contributed by atoms with E-state index in [1.54, 1.807) is 24.3 Å². The molecule has 162 valence electrons. The van der Waals surface area contributed by atoms with Gasteiger partial charge in [0.15, 0.2) is 5.78 Å². The van der Waals surface area contributed by atoms with Crippen LogP contribution in [-0.4, -0.2) is 67.9 Å². The van der Waals surface area contributed by atoms with Crippen LogP contribution in [-0.2, 0) is 4.74 Å². The number of aliphatic hydroxyl groups excluding tert-OH is 1. The molecule has 1 saturated heterocycles. The van der Waals surface area contributed by atoms with Crippen molar-refractivity contribution in [3.63, 3.8) is 0 Å². The quantitative estimate of drug-likeness (QED) is 0.585. The molecule has 2 N–H and O–H groups in total. The van der Waals surface area contributed by atoms with Crippen molar-refractivity contribution in [2.45, 2.75) is 26.0 Å². The number of morpholine rings is 1. The molecule has 2 aromatic rings. The molecule has 0 spiro atoms. The normalized spacial score (nSPS) is 16.8. The van der Waals surface area contributed by atoms with Gasteiger partial charge >= 0.3 is 0 Å². The second-order valence-electron chi connectivity index (χ2n) is 7.83. The van der Waals surface area contributed by atoms with E-state index in [0.717, 1.165) is 32.8 Å². The minimum atomic E-state index is -0.663. The number of nitrogens with zero attached hydrogens (tertiary/aromatic N) is 1. The molecule has 0 unspecified atom stereocenters. The topological polar surface area (TPSA) is 71.0 Å². The monoisotopic (exact) mass is 412 g/mol. The van der Waals surface area contributed by atoms with E-state index < -0.39 is 6.10 Å². The number of ketones is 1. The summed E-state index contributed by atoms with van der Waals surface area (Å²) in [6.45, 7) is 8.40. The number of carbonyl (C=O) groups is 1. The Kier molecular flexibility index (Phi) is 8.39. The summed E-state index contributed by atoms with van der Waals surface area (Å²) >= 11 is 0. The van der Waals surface area contributed by atoms with Crippen molar-refractivity contribution in [3.05, 3.63) is 65.2 Å². The van der Waals surface area contributed by atoms with E-state index in [9.17, 15) is 9.90 Å². The van der Waals surface area contributed by atoms with Crippen molar-refractivity contribution in [2.24, 2.45) is 0 Å². The minimum absolute atomic E-state index is 0.00767. The molecule has 0 bridgehead atoms. The SMILES string of the molecule is CC(=O)c1cccc(OC[C@@H](O)CN[C@@H](CN2CCOCC2)c2ccc(C)cc2)c1. The number of rotatable bonds is 10. The summed E-state index contributed by atoms with van der Waals surface area (Å²) in [4.78, 5) is 13.9. The molecule has 1 heterocycles. The molecule has 6 heteroatoms. The number of carbonyl (C=O) groups excluding carboxylic acids is 1. The molecule has 2 aromatic carbocycles. The molecule has 1 aliphatic rings. The van der Waals surface area contributed by atoms with Gasteiger partial charge in [0.25, 0.3) is 0 Å². The largest absolute Gasteiger partial charge is 0.491 e. The first-order chi connectivity index (χ1) is 14.5. The van der Waals surface area contributed by atoms with Crippen LogP contribution in [0.2, 0.25) is 0 Å². The maximum atomic E-state index is 11.5. The van der Waals surface area contributed by atoms with Gasteiger partial charge in [0.2, 0.25) is 0 Å². The highest BCUT2D eigenvalue weighted by Crippen LogP contribution is 2.17. The van der Waals surface area contributed by atoms with E-state index in [0.29, 0.717) is 17.9 Å². The standard InChI is InChI=1S/C24H32N2O4/c1-18-6-8-20(9-7-18)24(16-26-10-12-29-13-11-26)25-15-22(28)17-30-23-5-3-4-21(14-23)19(2)27/h3-9,14,22,24-25,28H,10-13,15-17H2,1-2H3/t22-,24-/m0/s1. The van der Waals surface area contributed by atoms with Gasteiger partial charge in [-0.2, -0.15) is 0 Å². The predicted molar refractivity (Wildman–Crippen MR) is 117 cm³/mol. The molecular weight excluding hydrogens is 380 g/mol. The zero-order chi connectivity index (χ0) is 21.3. The Morgan fingerprint density at radius 3 is 2.63 bits per heavy atom. The van der Waals surface area contributed by atoms with Gasteiger partial charge in [-0.15, -0.1) is 0 Å². The van der Waals surface area contributed by atoms with E-state index in [-0.39, 0.29) is 18.4 Å². The van der Waals surface area contributed by atoms with E-state index in [1.165, 1.54) is 18.1 Å². The summed E-state index contributed by atoms with van der Waals surface area (Å²) in [5.74, 6) is 0.580. The first kappa shape index (κ1) is 22.4. The third-order valence-electron chi connectivity index (χ3n) is 5.31. The molecule has 6 nitrogen and oxygen atoms in total. The average molecular weight is 413 g/mol. The van der Waals surface area contributed by atoms with E-state index >= 15 is 0 Å². The number of ether oxygens (including phenoxy) is 2. The maximum Gasteiger partial charge on any atom is 0.159 e. The Hall–Kier alpha value is -2.25. The Morgan fingerprint density at radius 2 is 1.93 bits per heavy atom. The number of nitrogens with one attached hydrogen (secondary N) is 1. The van der Waals surface area contributed by atoms with Gasteiger partial charge < -0.3 is 19.9 Å². The Balaban J connectivity index is 1.55. The van der Waals surface area contributed by atoms with Crippen LogP contribution in [0.1, 0.15) is 34.5 Å². The lowest BCUT2D eigenvalue weighted by Gasteiger charge is -2.31. The number of aryl methyl sites for hydroxylation is 1. The number of hydrogen-bond acceptors (Lipinski definition) is 6. The van der Waals surface area contributed by atoms with Crippen molar-refractivity contribution < 1.29 is 19.4 Å². The van der Waals surface area contributed by atoms with Crippen molar-refractivity contribution in [1.29, 1.82) is 0 Å². The van der Waals surface area contributed by atoms with Crippen molar-refractivity contribution in [3.8, 4) is 5.75 Å². The first-order valence-corrected chi connectivity index (χ1v) is 10.5. The highest BCUT2D eigenvalue weighted by Gasteiger charge is 2.19. The lowest BCUT2D eigenvalue weighted by Crippen LogP contribution is -2.43. The van der Waals surface area contributed by atoms with E-state index in [2.05, 4.69) is 41.4 Å². The second-order valence-corrected chi connectivity index (χ2v) is 7.83. The fourth-order valence-corrected chi connectivity index (χ4v) is 3.46. The molecule has 0 aromatic heterocycles. The Bertz CT molecular complexity index is 803. The third kappa shape index (κ3) is 6.92. The molecule has 0 saturated carbocycles. The highest BCUT2D eigenvalue weighted by atomic mass is 16.5. The van der Waals surface area contributed by atoms with E-state index in [1.807, 2.05) is 0 Å². The third-order valence-corrected chi connectivity index (χ3v) is 5.31. The molecule has 2 atom stereocenters. The number of aliphatic hydroxyl groups is 1. The van der Waals surface area contributed by atoms with Crippen LogP contribution in [0.25, 0.3) is 0 Å². The van der Waals surface area contributed by atoms with Gasteiger partial charge in [-0.3, -0.25) is 9.69 Å². The predicted octanol–water partition coefficient (Wildman–Crippen LogP) is 2.60. The molecule has 0 radical (unpaired) electrons. The van der Waals surface area contributed by atoms with Gasteiger partial charge in [0, 0.05) is 37.8 Å². The zero-order valence-corrected chi connectivity index (χ0v) is 17.8. The van der Waals surface area contributed by atoms with Crippen LogP contribution < -0.4 is 10.1 Å². The van der Waals surface area contributed by atoms with Crippen molar-refractivity contribution in [2.75, 3.05) is 46.0 Å². The van der Waals surface area contributed by atoms with Gasteiger partial charge in [0.05, 0.1) is 13.2 Å². The van der Waals surface area contributed by atoms with Crippen LogP contribution in [0.5, 0.6) is 5.75 Å². The number of benzene rings is 2. The summed E-state index contributed by atoms with van der Waals surface area (Å²) in [6, 6.07) is 15.7. The van der Waals surface area contributed by atoms with Gasteiger partial charge in [0.1, 0.15) is 18.5 Å². The maximum absolute atomic E-state index is 11.5. The van der Waals surface area contributed by atoms with Crippen LogP contribution in [0.4, 0.5) is 0 Å². The molecule has 0 aliphatic carbocycles. The number of Topliss-reactive ketones (excluding diaryl/α,β-unsaturated/α-hetero) is 1. The summed E-state index contributed by atoms with van der Waals surface area (Å²) in [7, 11) is 0. The van der Waals surface area contributed by atoms with Crippen LogP contribution in [0.15, 0.2) is 48.5 Å².